The highest BCUT2D eigenvalue weighted by molar-refractivity contribution is 6.30. The van der Waals surface area contributed by atoms with Gasteiger partial charge in [-0.15, -0.1) is 0 Å². The van der Waals surface area contributed by atoms with Gasteiger partial charge >= 0.3 is 0 Å². The van der Waals surface area contributed by atoms with Gasteiger partial charge in [-0.3, -0.25) is 4.79 Å². The van der Waals surface area contributed by atoms with Crippen molar-refractivity contribution in [2.75, 3.05) is 39.6 Å². The Hall–Kier alpha value is -2.28. The summed E-state index contributed by atoms with van der Waals surface area (Å²) in [6.45, 7) is 4.00. The van der Waals surface area contributed by atoms with E-state index < -0.39 is 0 Å². The molecule has 2 aromatic rings. The molecule has 0 bridgehead atoms. The Bertz CT molecular complexity index is 823. The first kappa shape index (κ1) is 18.1. The van der Waals surface area contributed by atoms with E-state index >= 15 is 0 Å². The average Bonchev–Trinajstić information content (AvgIpc) is 3.17. The maximum absolute atomic E-state index is 12.6. The molecule has 1 saturated heterocycles. The number of fused-ring (bicyclic) bond motifs is 1. The molecule has 0 aromatic heterocycles. The number of hydrogen-bond donors (Lipinski definition) is 2. The number of carbonyl (C=O) groups is 1. The molecule has 0 saturated carbocycles. The molecule has 27 heavy (non-hydrogen) atoms. The quantitative estimate of drug-likeness (QED) is 0.812. The summed E-state index contributed by atoms with van der Waals surface area (Å²) in [6, 6.07) is 13.1. The lowest BCUT2D eigenvalue weighted by Crippen LogP contribution is -3.15. The van der Waals surface area contributed by atoms with Crippen LogP contribution in [0.15, 0.2) is 42.5 Å². The molecule has 1 amide bonds. The normalized spacial score (nSPS) is 17.5. The maximum atomic E-state index is 12.6. The number of carbonyl (C=O) groups excluding carboxylic acids is 1. The fraction of sp³-hybridized carbons (Fsp3) is 0.350. The topological polar surface area (TPSA) is 61.2 Å². The van der Waals surface area contributed by atoms with E-state index in [0.29, 0.717) is 17.1 Å². The second-order valence-corrected chi connectivity index (χ2v) is 7.09. The zero-order chi connectivity index (χ0) is 18.6. The van der Waals surface area contributed by atoms with Crippen LogP contribution in [0.4, 0.5) is 0 Å². The zero-order valence-corrected chi connectivity index (χ0v) is 15.6. The highest BCUT2D eigenvalue weighted by Gasteiger charge is 2.28. The Balaban J connectivity index is 1.52. The Kier molecular flexibility index (Phi) is 5.48. The molecular weight excluding hydrogens is 368 g/mol. The van der Waals surface area contributed by atoms with Crippen molar-refractivity contribution in [3.05, 3.63) is 58.6 Å². The van der Waals surface area contributed by atoms with E-state index in [4.69, 9.17) is 25.8 Å². The van der Waals surface area contributed by atoms with Crippen LogP contribution >= 0.6 is 11.6 Å². The summed E-state index contributed by atoms with van der Waals surface area (Å²) < 4.78 is 16.4. The molecule has 0 unspecified atom stereocenters. The summed E-state index contributed by atoms with van der Waals surface area (Å²) in [5, 5.41) is 3.61. The van der Waals surface area contributed by atoms with Gasteiger partial charge in [-0.05, 0) is 36.4 Å². The van der Waals surface area contributed by atoms with Crippen LogP contribution in [0.3, 0.4) is 0 Å². The van der Waals surface area contributed by atoms with Crippen LogP contribution in [0, 0.1) is 0 Å². The maximum Gasteiger partial charge on any atom is 0.251 e. The number of benzene rings is 2. The molecule has 6 nitrogen and oxygen atoms in total. The summed E-state index contributed by atoms with van der Waals surface area (Å²) in [7, 11) is 0. The third kappa shape index (κ3) is 4.18. The van der Waals surface area contributed by atoms with Gasteiger partial charge in [0.25, 0.3) is 5.91 Å². The number of amides is 1. The van der Waals surface area contributed by atoms with Crippen molar-refractivity contribution in [3.63, 3.8) is 0 Å². The summed E-state index contributed by atoms with van der Waals surface area (Å²) in [5.74, 6) is 1.39. The molecule has 7 heteroatoms. The summed E-state index contributed by atoms with van der Waals surface area (Å²) in [5.41, 5.74) is 1.67. The SMILES string of the molecule is O=C(NC[C@@H](c1ccc2c(c1)OCO2)[NH+]1CCOCC1)c1cccc(Cl)c1. The molecule has 142 valence electrons. The predicted octanol–water partition coefficient (Wildman–Crippen LogP) is 1.45. The van der Waals surface area contributed by atoms with Crippen molar-refractivity contribution in [1.82, 2.24) is 5.32 Å². The van der Waals surface area contributed by atoms with Crippen molar-refractivity contribution in [1.29, 1.82) is 0 Å². The first-order valence-electron chi connectivity index (χ1n) is 9.06. The standard InChI is InChI=1S/C20H21ClN2O4/c21-16-3-1-2-15(10-16)20(24)22-12-17(23-6-8-25-9-7-23)14-4-5-18-19(11-14)27-13-26-18/h1-5,10-11,17H,6-9,12-13H2,(H,22,24)/p+1/t17-/m0/s1. The van der Waals surface area contributed by atoms with Crippen LogP contribution in [0.25, 0.3) is 0 Å². The predicted molar refractivity (Wildman–Crippen MR) is 101 cm³/mol. The smallest absolute Gasteiger partial charge is 0.251 e. The van der Waals surface area contributed by atoms with E-state index in [1.165, 1.54) is 4.90 Å². The van der Waals surface area contributed by atoms with Gasteiger partial charge in [-0.1, -0.05) is 17.7 Å². The van der Waals surface area contributed by atoms with Gasteiger partial charge in [-0.2, -0.15) is 0 Å². The molecule has 1 atom stereocenters. The molecule has 2 aliphatic heterocycles. The van der Waals surface area contributed by atoms with E-state index in [1.807, 2.05) is 18.2 Å². The molecule has 2 aromatic carbocycles. The third-order valence-corrected chi connectivity index (χ3v) is 5.22. The highest BCUT2D eigenvalue weighted by atomic mass is 35.5. The lowest BCUT2D eigenvalue weighted by Gasteiger charge is -2.32. The Labute approximate surface area is 163 Å². The highest BCUT2D eigenvalue weighted by Crippen LogP contribution is 2.33. The monoisotopic (exact) mass is 389 g/mol. The molecular formula is C20H22ClN2O4+. The summed E-state index contributed by atoms with van der Waals surface area (Å²) in [6.07, 6.45) is 0. The summed E-state index contributed by atoms with van der Waals surface area (Å²) >= 11 is 6.00. The minimum absolute atomic E-state index is 0.103. The summed E-state index contributed by atoms with van der Waals surface area (Å²) in [4.78, 5) is 13.9. The van der Waals surface area contributed by atoms with E-state index in [0.717, 1.165) is 43.4 Å². The fourth-order valence-electron chi connectivity index (χ4n) is 3.54. The molecule has 4 rings (SSSR count). The van der Waals surface area contributed by atoms with Gasteiger partial charge < -0.3 is 24.4 Å². The minimum atomic E-state index is -0.129. The van der Waals surface area contributed by atoms with E-state index in [2.05, 4.69) is 5.32 Å². The van der Waals surface area contributed by atoms with Crippen molar-refractivity contribution in [2.45, 2.75) is 6.04 Å². The Morgan fingerprint density at radius 2 is 1.93 bits per heavy atom. The van der Waals surface area contributed by atoms with Crippen molar-refractivity contribution in [2.24, 2.45) is 0 Å². The molecule has 2 heterocycles. The van der Waals surface area contributed by atoms with Crippen LogP contribution in [0.1, 0.15) is 22.0 Å². The lowest BCUT2D eigenvalue weighted by molar-refractivity contribution is -0.937. The molecule has 0 aliphatic carbocycles. The second-order valence-electron chi connectivity index (χ2n) is 6.66. The van der Waals surface area contributed by atoms with Crippen molar-refractivity contribution in [3.8, 4) is 11.5 Å². The second kappa shape index (κ2) is 8.17. The average molecular weight is 390 g/mol. The first-order valence-corrected chi connectivity index (χ1v) is 9.44. The molecule has 1 fully saturated rings. The number of quaternary nitrogens is 1. The number of halogens is 1. The minimum Gasteiger partial charge on any atom is -0.454 e. The van der Waals surface area contributed by atoms with Gasteiger partial charge in [0.2, 0.25) is 6.79 Å². The van der Waals surface area contributed by atoms with Crippen LogP contribution in [-0.2, 0) is 4.74 Å². The van der Waals surface area contributed by atoms with Crippen LogP contribution in [-0.4, -0.2) is 45.5 Å². The van der Waals surface area contributed by atoms with Gasteiger partial charge in [0, 0.05) is 16.1 Å². The van der Waals surface area contributed by atoms with Gasteiger partial charge in [0.05, 0.1) is 19.8 Å². The van der Waals surface area contributed by atoms with Gasteiger partial charge in [-0.25, -0.2) is 0 Å². The largest absolute Gasteiger partial charge is 0.454 e. The lowest BCUT2D eigenvalue weighted by atomic mass is 10.0. The van der Waals surface area contributed by atoms with Gasteiger partial charge in [0.1, 0.15) is 19.1 Å². The number of nitrogens with one attached hydrogen (secondary N) is 2. The van der Waals surface area contributed by atoms with Gasteiger partial charge in [0.15, 0.2) is 11.5 Å². The fourth-order valence-corrected chi connectivity index (χ4v) is 3.73. The number of morpholine rings is 1. The number of rotatable bonds is 5. The van der Waals surface area contributed by atoms with E-state index in [1.54, 1.807) is 24.3 Å². The number of ether oxygens (including phenoxy) is 3. The van der Waals surface area contributed by atoms with E-state index in [9.17, 15) is 4.79 Å². The molecule has 2 N–H and O–H groups in total. The Morgan fingerprint density at radius 1 is 1.11 bits per heavy atom. The van der Waals surface area contributed by atoms with Crippen molar-refractivity contribution >= 4 is 17.5 Å². The molecule has 0 spiro atoms. The van der Waals surface area contributed by atoms with Crippen LogP contribution < -0.4 is 19.7 Å². The first-order chi connectivity index (χ1) is 13.2. The van der Waals surface area contributed by atoms with Crippen LogP contribution in [0.5, 0.6) is 11.5 Å². The molecule has 2 aliphatic rings. The third-order valence-electron chi connectivity index (χ3n) is 4.98. The zero-order valence-electron chi connectivity index (χ0n) is 14.9. The number of hydrogen-bond acceptors (Lipinski definition) is 4. The molecule has 0 radical (unpaired) electrons. The Morgan fingerprint density at radius 3 is 2.74 bits per heavy atom. The van der Waals surface area contributed by atoms with Crippen LogP contribution in [0.2, 0.25) is 5.02 Å². The van der Waals surface area contributed by atoms with E-state index in [-0.39, 0.29) is 18.7 Å². The van der Waals surface area contributed by atoms with Crippen molar-refractivity contribution < 1.29 is 23.9 Å².